The fourth-order valence-corrected chi connectivity index (χ4v) is 11.0. The molecule has 2 atom stereocenters. The summed E-state index contributed by atoms with van der Waals surface area (Å²) in [4.78, 5) is 43.0. The van der Waals surface area contributed by atoms with Crippen molar-refractivity contribution in [1.82, 2.24) is 10.3 Å². The monoisotopic (exact) mass is 561 g/mol. The molecule has 0 spiro atoms. The van der Waals surface area contributed by atoms with Crippen LogP contribution in [-0.2, 0) is 9.59 Å². The zero-order valence-corrected chi connectivity index (χ0v) is 24.1. The van der Waals surface area contributed by atoms with Crippen LogP contribution in [0.25, 0.3) is 22.2 Å². The van der Waals surface area contributed by atoms with Crippen molar-refractivity contribution in [2.75, 3.05) is 5.32 Å². The van der Waals surface area contributed by atoms with E-state index >= 15 is 0 Å². The number of Topliss-reactive ketones (excluding diaryl/α,β-unsaturated/α-hetero) is 1. The average molecular weight is 562 g/mol. The minimum Gasteiger partial charge on any atom is -0.355 e. The van der Waals surface area contributed by atoms with Crippen molar-refractivity contribution in [3.8, 4) is 11.3 Å². The molecule has 1 heterocycles. The lowest BCUT2D eigenvalue weighted by molar-refractivity contribution is -0.154. The van der Waals surface area contributed by atoms with Gasteiger partial charge in [0, 0.05) is 45.2 Å². The molecule has 8 aliphatic rings. The van der Waals surface area contributed by atoms with Crippen LogP contribution in [0, 0.1) is 40.9 Å². The van der Waals surface area contributed by atoms with Crippen LogP contribution in [0.4, 0.5) is 5.69 Å². The number of fused-ring (bicyclic) bond motifs is 1. The van der Waals surface area contributed by atoms with Crippen LogP contribution in [0.2, 0.25) is 0 Å². The van der Waals surface area contributed by atoms with E-state index in [-0.39, 0.29) is 34.6 Å². The molecule has 2 unspecified atom stereocenters. The van der Waals surface area contributed by atoms with Crippen molar-refractivity contribution < 1.29 is 14.4 Å². The second kappa shape index (κ2) is 8.81. The molecule has 42 heavy (non-hydrogen) atoms. The highest BCUT2D eigenvalue weighted by atomic mass is 16.2. The predicted octanol–water partition coefficient (Wildman–Crippen LogP) is 6.87. The zero-order chi connectivity index (χ0) is 28.2. The maximum absolute atomic E-state index is 13.5. The fraction of sp³-hybridized carbons (Fsp3) is 0.528. The van der Waals surface area contributed by atoms with Gasteiger partial charge in [0.1, 0.15) is 5.78 Å². The Labute approximate surface area is 246 Å². The highest BCUT2D eigenvalue weighted by Crippen LogP contribution is 2.59. The van der Waals surface area contributed by atoms with E-state index in [1.165, 1.54) is 19.3 Å². The Bertz CT molecular complexity index is 1580. The van der Waals surface area contributed by atoms with Gasteiger partial charge in [-0.2, -0.15) is 0 Å². The molecule has 6 heteroatoms. The molecule has 2 aromatic carbocycles. The molecule has 0 aliphatic heterocycles. The Balaban J connectivity index is 0.898. The number of carbonyl (C=O) groups is 3. The number of amides is 2. The van der Waals surface area contributed by atoms with Gasteiger partial charge in [0.05, 0.1) is 5.41 Å². The molecule has 8 aliphatic carbocycles. The second-order valence-corrected chi connectivity index (χ2v) is 15.2. The van der Waals surface area contributed by atoms with Crippen molar-refractivity contribution in [1.29, 1.82) is 0 Å². The van der Waals surface area contributed by atoms with Gasteiger partial charge in [0.2, 0.25) is 5.91 Å². The summed E-state index contributed by atoms with van der Waals surface area (Å²) in [6.07, 6.45) is 11.9. The highest BCUT2D eigenvalue weighted by molar-refractivity contribution is 6.00. The number of benzene rings is 2. The van der Waals surface area contributed by atoms with Gasteiger partial charge < -0.3 is 15.6 Å². The van der Waals surface area contributed by atoms with Gasteiger partial charge in [-0.1, -0.05) is 12.1 Å². The number of hydrogen-bond donors (Lipinski definition) is 3. The summed E-state index contributed by atoms with van der Waals surface area (Å²) >= 11 is 0. The summed E-state index contributed by atoms with van der Waals surface area (Å²) in [5.41, 5.74) is 4.18. The summed E-state index contributed by atoms with van der Waals surface area (Å²) in [5, 5.41) is 7.72. The number of hydrogen-bond acceptors (Lipinski definition) is 3. The van der Waals surface area contributed by atoms with Crippen LogP contribution in [-0.4, -0.2) is 28.1 Å². The fourth-order valence-electron chi connectivity index (χ4n) is 11.0. The van der Waals surface area contributed by atoms with E-state index in [1.54, 1.807) is 0 Å². The average Bonchev–Trinajstić information content (AvgIpc) is 3.38. The third kappa shape index (κ3) is 3.93. The van der Waals surface area contributed by atoms with Crippen LogP contribution in [0.5, 0.6) is 0 Å². The summed E-state index contributed by atoms with van der Waals surface area (Å²) in [5.74, 6) is 3.67. The maximum atomic E-state index is 13.5. The SMILES string of the molecule is O=C(NC12CC3CC(CC(C3)C1)C2)c1ccc2[nH]c(-c3ccc(NC(=O)C45CC6CC(C4)C(=O)C(C6)C5)cc3)cc2c1. The lowest BCUT2D eigenvalue weighted by atomic mass is 9.49. The van der Waals surface area contributed by atoms with E-state index in [9.17, 15) is 14.4 Å². The van der Waals surface area contributed by atoms with E-state index in [4.69, 9.17) is 0 Å². The predicted molar refractivity (Wildman–Crippen MR) is 162 cm³/mol. The summed E-state index contributed by atoms with van der Waals surface area (Å²) in [6, 6.07) is 16.1. The van der Waals surface area contributed by atoms with E-state index in [0.29, 0.717) is 11.7 Å². The molecule has 0 saturated heterocycles. The lowest BCUT2D eigenvalue weighted by Crippen LogP contribution is -2.59. The molecule has 8 fully saturated rings. The van der Waals surface area contributed by atoms with E-state index in [0.717, 1.165) is 103 Å². The zero-order valence-electron chi connectivity index (χ0n) is 24.1. The minimum absolute atomic E-state index is 0.00831. The van der Waals surface area contributed by atoms with Crippen molar-refractivity contribution in [3.63, 3.8) is 0 Å². The van der Waals surface area contributed by atoms with Gasteiger partial charge in [-0.15, -0.1) is 0 Å². The molecule has 3 aromatic rings. The molecule has 6 nitrogen and oxygen atoms in total. The number of anilines is 1. The number of nitrogens with one attached hydrogen (secondary N) is 3. The van der Waals surface area contributed by atoms with Crippen LogP contribution in [0.1, 0.15) is 81.0 Å². The van der Waals surface area contributed by atoms with Crippen LogP contribution < -0.4 is 10.6 Å². The van der Waals surface area contributed by atoms with Crippen LogP contribution in [0.15, 0.2) is 48.5 Å². The molecule has 8 saturated carbocycles. The number of carbonyl (C=O) groups excluding carboxylic acids is 3. The third-order valence-corrected chi connectivity index (χ3v) is 12.2. The molecular formula is C36H39N3O3. The minimum atomic E-state index is -0.375. The number of rotatable bonds is 5. The number of ketones is 1. The number of aromatic amines is 1. The van der Waals surface area contributed by atoms with Gasteiger partial charge in [0.25, 0.3) is 5.91 Å². The van der Waals surface area contributed by atoms with Gasteiger partial charge in [-0.3, -0.25) is 14.4 Å². The highest BCUT2D eigenvalue weighted by Gasteiger charge is 2.58. The Kier molecular flexibility index (Phi) is 5.27. The topological polar surface area (TPSA) is 91.1 Å². The van der Waals surface area contributed by atoms with Gasteiger partial charge in [0.15, 0.2) is 0 Å². The molecule has 2 amide bonds. The third-order valence-electron chi connectivity index (χ3n) is 12.2. The Morgan fingerprint density at radius 3 is 2.05 bits per heavy atom. The van der Waals surface area contributed by atoms with Gasteiger partial charge in [-0.25, -0.2) is 0 Å². The standard InChI is InChI=1S/C36H39N3O3/c40-32-27-10-23-11-28(32)19-35(14-23,18-27)34(42)37-29-4-1-24(2-5-29)31-13-26-12-25(3-6-30(26)38-31)33(41)39-36-15-20-7-21(16-36)9-22(8-20)17-36/h1-6,12-13,20-23,27-28,38H,7-11,14-19H2,(H,37,42)(H,39,41). The van der Waals surface area contributed by atoms with E-state index < -0.39 is 0 Å². The maximum Gasteiger partial charge on any atom is 0.251 e. The normalized spacial score (nSPS) is 37.4. The summed E-state index contributed by atoms with van der Waals surface area (Å²) < 4.78 is 0. The first-order valence-electron chi connectivity index (χ1n) is 16.2. The molecule has 0 radical (unpaired) electrons. The number of H-pyrrole nitrogens is 1. The van der Waals surface area contributed by atoms with E-state index in [2.05, 4.69) is 21.7 Å². The molecular weight excluding hydrogens is 522 g/mol. The lowest BCUT2D eigenvalue weighted by Gasteiger charge is -2.56. The van der Waals surface area contributed by atoms with Crippen LogP contribution in [0.3, 0.4) is 0 Å². The van der Waals surface area contributed by atoms with E-state index in [1.807, 2.05) is 42.5 Å². The Hall–Kier alpha value is -3.41. The van der Waals surface area contributed by atoms with Crippen molar-refractivity contribution in [2.24, 2.45) is 40.9 Å². The summed E-state index contributed by atoms with van der Waals surface area (Å²) in [7, 11) is 0. The smallest absolute Gasteiger partial charge is 0.251 e. The van der Waals surface area contributed by atoms with Crippen molar-refractivity contribution in [3.05, 3.63) is 54.1 Å². The first-order valence-corrected chi connectivity index (χ1v) is 16.2. The number of aromatic nitrogens is 1. The largest absolute Gasteiger partial charge is 0.355 e. The Morgan fingerprint density at radius 1 is 0.738 bits per heavy atom. The molecule has 216 valence electrons. The molecule has 3 N–H and O–H groups in total. The first kappa shape index (κ1) is 25.1. The molecule has 11 rings (SSSR count). The Morgan fingerprint density at radius 2 is 1.38 bits per heavy atom. The van der Waals surface area contributed by atoms with Crippen molar-refractivity contribution in [2.45, 2.75) is 76.2 Å². The quantitative estimate of drug-likeness (QED) is 0.318. The van der Waals surface area contributed by atoms with Gasteiger partial charge in [-0.05, 0) is 136 Å². The molecule has 1 aromatic heterocycles. The molecule has 8 bridgehead atoms. The van der Waals surface area contributed by atoms with Gasteiger partial charge >= 0.3 is 0 Å². The second-order valence-electron chi connectivity index (χ2n) is 15.2. The van der Waals surface area contributed by atoms with Crippen molar-refractivity contribution >= 4 is 34.2 Å². The summed E-state index contributed by atoms with van der Waals surface area (Å²) in [6.45, 7) is 0. The van der Waals surface area contributed by atoms with Crippen LogP contribution >= 0.6 is 0 Å². The first-order chi connectivity index (χ1) is 20.3.